The summed E-state index contributed by atoms with van der Waals surface area (Å²) >= 11 is 0. The molecule has 1 aliphatic rings. The number of hydrogen-bond acceptors (Lipinski definition) is 3. The Hall–Kier alpha value is -1.06. The van der Waals surface area contributed by atoms with Gasteiger partial charge >= 0.3 is 0 Å². The summed E-state index contributed by atoms with van der Waals surface area (Å²) in [5, 5.41) is 0. The smallest absolute Gasteiger partial charge is 0.0750 e. The molecule has 3 nitrogen and oxygen atoms in total. The standard InChI is InChI=1S/C17H28N2O/c1-4-15(18)11-14-7-8-17(13(2)10-14)19(3)12-16-6-5-9-20-16/h7-8,10,15-16H,4-6,9,11-12,18H2,1-3H3. The Morgan fingerprint density at radius 1 is 1.45 bits per heavy atom. The molecule has 1 aromatic rings. The molecule has 1 fully saturated rings. The van der Waals surface area contributed by atoms with Crippen molar-refractivity contribution >= 4 is 5.69 Å². The number of nitrogens with two attached hydrogens (primary N) is 1. The predicted molar refractivity (Wildman–Crippen MR) is 85.4 cm³/mol. The molecule has 0 radical (unpaired) electrons. The summed E-state index contributed by atoms with van der Waals surface area (Å²) in [4.78, 5) is 2.31. The van der Waals surface area contributed by atoms with Gasteiger partial charge in [0.05, 0.1) is 6.10 Å². The van der Waals surface area contributed by atoms with E-state index >= 15 is 0 Å². The second kappa shape index (κ2) is 7.09. The number of hydrogen-bond donors (Lipinski definition) is 1. The van der Waals surface area contributed by atoms with Gasteiger partial charge < -0.3 is 15.4 Å². The van der Waals surface area contributed by atoms with Crippen molar-refractivity contribution < 1.29 is 4.74 Å². The van der Waals surface area contributed by atoms with Crippen LogP contribution in [0, 0.1) is 6.92 Å². The summed E-state index contributed by atoms with van der Waals surface area (Å²) in [6.07, 6.45) is 4.78. The van der Waals surface area contributed by atoms with E-state index in [2.05, 4.69) is 44.0 Å². The lowest BCUT2D eigenvalue weighted by Crippen LogP contribution is -2.29. The van der Waals surface area contributed by atoms with E-state index < -0.39 is 0 Å². The van der Waals surface area contributed by atoms with E-state index in [9.17, 15) is 0 Å². The predicted octanol–water partition coefficient (Wildman–Crippen LogP) is 2.89. The molecule has 2 N–H and O–H groups in total. The molecule has 0 aliphatic carbocycles. The van der Waals surface area contributed by atoms with Crippen molar-refractivity contribution in [1.82, 2.24) is 0 Å². The number of nitrogens with zero attached hydrogens (tertiary/aromatic N) is 1. The van der Waals surface area contributed by atoms with E-state index in [-0.39, 0.29) is 6.04 Å². The average Bonchev–Trinajstić information content (AvgIpc) is 2.91. The van der Waals surface area contributed by atoms with Gasteiger partial charge in [-0.05, 0) is 49.8 Å². The van der Waals surface area contributed by atoms with E-state index in [0.717, 1.165) is 26.0 Å². The molecule has 20 heavy (non-hydrogen) atoms. The molecule has 3 heteroatoms. The van der Waals surface area contributed by atoms with E-state index in [0.29, 0.717) is 6.10 Å². The molecule has 1 aromatic carbocycles. The van der Waals surface area contributed by atoms with Gasteiger partial charge in [0.2, 0.25) is 0 Å². The highest BCUT2D eigenvalue weighted by Gasteiger charge is 2.18. The number of rotatable bonds is 6. The fraction of sp³-hybridized carbons (Fsp3) is 0.647. The molecule has 0 spiro atoms. The van der Waals surface area contributed by atoms with Crippen molar-refractivity contribution in [3.8, 4) is 0 Å². The van der Waals surface area contributed by atoms with Crippen LogP contribution in [0.25, 0.3) is 0 Å². The number of benzene rings is 1. The van der Waals surface area contributed by atoms with Crippen LogP contribution in [0.5, 0.6) is 0 Å². The van der Waals surface area contributed by atoms with Crippen molar-refractivity contribution in [2.75, 3.05) is 25.1 Å². The first-order valence-corrected chi connectivity index (χ1v) is 7.78. The Balaban J connectivity index is 2.00. The van der Waals surface area contributed by atoms with Gasteiger partial charge in [-0.15, -0.1) is 0 Å². The van der Waals surface area contributed by atoms with Crippen LogP contribution in [-0.4, -0.2) is 32.3 Å². The lowest BCUT2D eigenvalue weighted by Gasteiger charge is -2.25. The van der Waals surface area contributed by atoms with Crippen LogP contribution in [0.1, 0.15) is 37.3 Å². The Morgan fingerprint density at radius 2 is 2.25 bits per heavy atom. The summed E-state index contributed by atoms with van der Waals surface area (Å²) < 4.78 is 5.72. The number of ether oxygens (including phenoxy) is 1. The summed E-state index contributed by atoms with van der Waals surface area (Å²) in [5.74, 6) is 0. The van der Waals surface area contributed by atoms with Crippen LogP contribution in [0.4, 0.5) is 5.69 Å². The monoisotopic (exact) mass is 276 g/mol. The van der Waals surface area contributed by atoms with Gasteiger partial charge in [0, 0.05) is 31.9 Å². The summed E-state index contributed by atoms with van der Waals surface area (Å²) in [6, 6.07) is 6.98. The zero-order chi connectivity index (χ0) is 14.5. The summed E-state index contributed by atoms with van der Waals surface area (Å²) in [6.45, 7) is 6.23. The Bertz CT molecular complexity index is 427. The number of anilines is 1. The number of aryl methyl sites for hydroxylation is 1. The Morgan fingerprint density at radius 3 is 2.85 bits per heavy atom. The molecule has 0 amide bonds. The van der Waals surface area contributed by atoms with E-state index in [4.69, 9.17) is 10.5 Å². The molecule has 1 saturated heterocycles. The third-order valence-electron chi connectivity index (χ3n) is 4.20. The topological polar surface area (TPSA) is 38.5 Å². The minimum absolute atomic E-state index is 0.268. The fourth-order valence-electron chi connectivity index (χ4n) is 2.91. The zero-order valence-corrected chi connectivity index (χ0v) is 13.1. The zero-order valence-electron chi connectivity index (χ0n) is 13.1. The maximum absolute atomic E-state index is 6.03. The average molecular weight is 276 g/mol. The lowest BCUT2D eigenvalue weighted by atomic mass is 10.0. The minimum Gasteiger partial charge on any atom is -0.376 e. The molecule has 2 unspecified atom stereocenters. The van der Waals surface area contributed by atoms with Crippen LogP contribution in [0.15, 0.2) is 18.2 Å². The first-order chi connectivity index (χ1) is 9.60. The van der Waals surface area contributed by atoms with E-state index in [1.165, 1.54) is 29.7 Å². The van der Waals surface area contributed by atoms with Crippen molar-refractivity contribution in [2.45, 2.75) is 51.7 Å². The van der Waals surface area contributed by atoms with Crippen LogP contribution in [-0.2, 0) is 11.2 Å². The molecule has 1 heterocycles. The summed E-state index contributed by atoms with van der Waals surface area (Å²) in [5.41, 5.74) is 10.00. The first kappa shape index (κ1) is 15.3. The quantitative estimate of drug-likeness (QED) is 0.868. The van der Waals surface area contributed by atoms with Gasteiger partial charge in [0.1, 0.15) is 0 Å². The van der Waals surface area contributed by atoms with E-state index in [1.54, 1.807) is 0 Å². The first-order valence-electron chi connectivity index (χ1n) is 7.78. The number of likely N-dealkylation sites (N-methyl/N-ethyl adjacent to an activating group) is 1. The largest absolute Gasteiger partial charge is 0.376 e. The van der Waals surface area contributed by atoms with Crippen molar-refractivity contribution in [1.29, 1.82) is 0 Å². The minimum atomic E-state index is 0.268. The maximum Gasteiger partial charge on any atom is 0.0750 e. The molecular weight excluding hydrogens is 248 g/mol. The van der Waals surface area contributed by atoms with Crippen LogP contribution < -0.4 is 10.6 Å². The van der Waals surface area contributed by atoms with Crippen molar-refractivity contribution in [3.05, 3.63) is 29.3 Å². The van der Waals surface area contributed by atoms with E-state index in [1.807, 2.05) is 0 Å². The van der Waals surface area contributed by atoms with Crippen LogP contribution >= 0.6 is 0 Å². The fourth-order valence-corrected chi connectivity index (χ4v) is 2.91. The third-order valence-corrected chi connectivity index (χ3v) is 4.20. The van der Waals surface area contributed by atoms with Crippen LogP contribution in [0.3, 0.4) is 0 Å². The molecular formula is C17H28N2O. The molecule has 112 valence electrons. The van der Waals surface area contributed by atoms with Gasteiger partial charge in [-0.1, -0.05) is 19.1 Å². The van der Waals surface area contributed by atoms with Gasteiger partial charge in [0.15, 0.2) is 0 Å². The van der Waals surface area contributed by atoms with Crippen LogP contribution in [0.2, 0.25) is 0 Å². The highest BCUT2D eigenvalue weighted by Crippen LogP contribution is 2.23. The second-order valence-electron chi connectivity index (χ2n) is 6.01. The molecule has 0 saturated carbocycles. The molecule has 2 rings (SSSR count). The summed E-state index contributed by atoms with van der Waals surface area (Å²) in [7, 11) is 2.15. The highest BCUT2D eigenvalue weighted by molar-refractivity contribution is 5.54. The third kappa shape index (κ3) is 3.97. The van der Waals surface area contributed by atoms with Gasteiger partial charge in [-0.3, -0.25) is 0 Å². The molecule has 1 aliphatic heterocycles. The van der Waals surface area contributed by atoms with Gasteiger partial charge in [-0.2, -0.15) is 0 Å². The molecule has 0 aromatic heterocycles. The Labute approximate surface area is 123 Å². The molecule has 0 bridgehead atoms. The Kier molecular flexibility index (Phi) is 5.44. The van der Waals surface area contributed by atoms with Crippen molar-refractivity contribution in [3.63, 3.8) is 0 Å². The molecule has 2 atom stereocenters. The van der Waals surface area contributed by atoms with Gasteiger partial charge in [0.25, 0.3) is 0 Å². The lowest BCUT2D eigenvalue weighted by molar-refractivity contribution is 0.116. The normalized spacial score (nSPS) is 20.1. The van der Waals surface area contributed by atoms with Crippen molar-refractivity contribution in [2.24, 2.45) is 5.73 Å². The maximum atomic E-state index is 6.03. The second-order valence-corrected chi connectivity index (χ2v) is 6.01. The van der Waals surface area contributed by atoms with Gasteiger partial charge in [-0.25, -0.2) is 0 Å². The SMILES string of the molecule is CCC(N)Cc1ccc(N(C)CC2CCCO2)c(C)c1. The highest BCUT2D eigenvalue weighted by atomic mass is 16.5.